The van der Waals surface area contributed by atoms with Crippen molar-refractivity contribution in [2.75, 3.05) is 19.6 Å². The van der Waals surface area contributed by atoms with Crippen LogP contribution in [0.1, 0.15) is 47.0 Å². The summed E-state index contributed by atoms with van der Waals surface area (Å²) in [5, 5.41) is 3.63. The minimum atomic E-state index is 0.610. The van der Waals surface area contributed by atoms with Gasteiger partial charge in [-0.05, 0) is 30.6 Å². The number of hydrogen-bond acceptors (Lipinski definition) is 2. The van der Waals surface area contributed by atoms with E-state index in [0.29, 0.717) is 6.04 Å². The molecule has 2 aliphatic rings. The average Bonchev–Trinajstić information content (AvgIpc) is 2.76. The van der Waals surface area contributed by atoms with Gasteiger partial charge in [-0.3, -0.25) is 4.90 Å². The van der Waals surface area contributed by atoms with Crippen LogP contribution in [-0.2, 0) is 0 Å². The maximum Gasteiger partial charge on any atom is 0.0243 e. The van der Waals surface area contributed by atoms with Crippen LogP contribution in [-0.4, -0.2) is 36.6 Å². The highest BCUT2D eigenvalue weighted by atomic mass is 15.2. The van der Waals surface area contributed by atoms with Gasteiger partial charge in [0.2, 0.25) is 0 Å². The van der Waals surface area contributed by atoms with Crippen LogP contribution in [0.15, 0.2) is 0 Å². The van der Waals surface area contributed by atoms with Crippen molar-refractivity contribution in [3.63, 3.8) is 0 Å². The van der Waals surface area contributed by atoms with E-state index in [4.69, 9.17) is 0 Å². The number of fused-ring (bicyclic) bond motifs is 1. The van der Waals surface area contributed by atoms with Crippen molar-refractivity contribution in [1.82, 2.24) is 10.2 Å². The average molecular weight is 238 g/mol. The van der Waals surface area contributed by atoms with Gasteiger partial charge in [-0.15, -0.1) is 0 Å². The molecule has 1 aliphatic heterocycles. The third-order valence-corrected chi connectivity index (χ3v) is 4.73. The smallest absolute Gasteiger partial charge is 0.0243 e. The molecule has 17 heavy (non-hydrogen) atoms. The van der Waals surface area contributed by atoms with E-state index in [2.05, 4.69) is 37.9 Å². The first kappa shape index (κ1) is 13.4. The molecule has 2 rings (SSSR count). The second-order valence-corrected chi connectivity index (χ2v) is 6.78. The molecule has 1 aliphatic carbocycles. The monoisotopic (exact) mass is 238 g/mol. The first-order chi connectivity index (χ1) is 8.08. The van der Waals surface area contributed by atoms with Crippen molar-refractivity contribution in [2.45, 2.75) is 59.0 Å². The highest BCUT2D eigenvalue weighted by Gasteiger charge is 2.39. The summed E-state index contributed by atoms with van der Waals surface area (Å²) in [6.07, 6.45) is 4.47. The molecule has 1 saturated heterocycles. The van der Waals surface area contributed by atoms with Crippen LogP contribution in [0.2, 0.25) is 0 Å². The first-order valence-electron chi connectivity index (χ1n) is 7.55. The highest BCUT2D eigenvalue weighted by Crippen LogP contribution is 2.39. The zero-order valence-electron chi connectivity index (χ0n) is 12.1. The summed E-state index contributed by atoms with van der Waals surface area (Å²) < 4.78 is 0. The topological polar surface area (TPSA) is 15.3 Å². The molecule has 1 N–H and O–H groups in total. The van der Waals surface area contributed by atoms with Gasteiger partial charge in [0, 0.05) is 31.7 Å². The largest absolute Gasteiger partial charge is 0.313 e. The lowest BCUT2D eigenvalue weighted by atomic mass is 10.0. The minimum Gasteiger partial charge on any atom is -0.313 e. The zero-order valence-corrected chi connectivity index (χ0v) is 12.1. The van der Waals surface area contributed by atoms with Gasteiger partial charge in [-0.2, -0.15) is 0 Å². The quantitative estimate of drug-likeness (QED) is 0.792. The molecule has 0 aromatic rings. The Labute approximate surface area is 107 Å². The molecule has 0 aromatic carbocycles. The molecule has 2 fully saturated rings. The first-order valence-corrected chi connectivity index (χ1v) is 7.55. The Morgan fingerprint density at radius 2 is 1.65 bits per heavy atom. The number of likely N-dealkylation sites (tertiary alicyclic amines) is 1. The van der Waals surface area contributed by atoms with Crippen molar-refractivity contribution in [2.24, 2.45) is 17.8 Å². The lowest BCUT2D eigenvalue weighted by Gasteiger charge is -2.32. The lowest BCUT2D eigenvalue weighted by molar-refractivity contribution is 0.171. The Hall–Kier alpha value is -0.0800. The normalized spacial score (nSPS) is 31.4. The summed E-state index contributed by atoms with van der Waals surface area (Å²) in [5.74, 6) is 2.81. The van der Waals surface area contributed by atoms with Crippen molar-refractivity contribution in [3.05, 3.63) is 0 Å². The van der Waals surface area contributed by atoms with Gasteiger partial charge >= 0.3 is 0 Å². The second-order valence-electron chi connectivity index (χ2n) is 6.78. The molecule has 0 radical (unpaired) electrons. The Kier molecular flexibility index (Phi) is 4.48. The molecule has 0 spiro atoms. The summed E-state index contributed by atoms with van der Waals surface area (Å²) >= 11 is 0. The molecular weight excluding hydrogens is 208 g/mol. The number of rotatable bonds is 5. The van der Waals surface area contributed by atoms with E-state index in [0.717, 1.165) is 30.3 Å². The van der Waals surface area contributed by atoms with Crippen LogP contribution in [0.3, 0.4) is 0 Å². The van der Waals surface area contributed by atoms with E-state index in [1.54, 1.807) is 0 Å². The van der Waals surface area contributed by atoms with Crippen LogP contribution in [0.25, 0.3) is 0 Å². The van der Waals surface area contributed by atoms with Gasteiger partial charge in [0.15, 0.2) is 0 Å². The summed E-state index contributed by atoms with van der Waals surface area (Å²) in [7, 11) is 0. The van der Waals surface area contributed by atoms with Gasteiger partial charge in [0.25, 0.3) is 0 Å². The van der Waals surface area contributed by atoms with Crippen molar-refractivity contribution >= 4 is 0 Å². The molecule has 2 heteroatoms. The fourth-order valence-electron chi connectivity index (χ4n) is 3.68. The van der Waals surface area contributed by atoms with Gasteiger partial charge in [0.05, 0.1) is 0 Å². The molecule has 1 heterocycles. The molecule has 0 amide bonds. The summed E-state index contributed by atoms with van der Waals surface area (Å²) in [6.45, 7) is 13.1. The van der Waals surface area contributed by atoms with E-state index in [9.17, 15) is 0 Å². The molecule has 3 unspecified atom stereocenters. The predicted octanol–water partition coefficient (Wildman–Crippen LogP) is 2.74. The van der Waals surface area contributed by atoms with E-state index in [1.807, 2.05) is 0 Å². The van der Waals surface area contributed by atoms with E-state index < -0.39 is 0 Å². The molecule has 3 atom stereocenters. The van der Waals surface area contributed by atoms with Gasteiger partial charge < -0.3 is 5.32 Å². The SMILES string of the molecule is CC(C)NCC(C(C)C)N1CC2CCCC2C1. The number of nitrogens with zero attached hydrogens (tertiary/aromatic N) is 1. The van der Waals surface area contributed by atoms with Crippen LogP contribution in [0.5, 0.6) is 0 Å². The van der Waals surface area contributed by atoms with Crippen LogP contribution in [0, 0.1) is 17.8 Å². The lowest BCUT2D eigenvalue weighted by Crippen LogP contribution is -2.46. The molecule has 0 aromatic heterocycles. The third kappa shape index (κ3) is 3.23. The Morgan fingerprint density at radius 3 is 2.12 bits per heavy atom. The molecule has 100 valence electrons. The summed E-state index contributed by atoms with van der Waals surface area (Å²) in [6, 6.07) is 1.35. The zero-order chi connectivity index (χ0) is 12.4. The molecule has 1 saturated carbocycles. The van der Waals surface area contributed by atoms with Crippen LogP contribution < -0.4 is 5.32 Å². The van der Waals surface area contributed by atoms with Crippen LogP contribution >= 0.6 is 0 Å². The minimum absolute atomic E-state index is 0.610. The Bertz CT molecular complexity index is 225. The van der Waals surface area contributed by atoms with Crippen molar-refractivity contribution < 1.29 is 0 Å². The maximum absolute atomic E-state index is 3.63. The molecule has 0 bridgehead atoms. The standard InChI is InChI=1S/C15H30N2/c1-11(2)15(8-16-12(3)4)17-9-13-6-5-7-14(13)10-17/h11-16H,5-10H2,1-4H3. The Morgan fingerprint density at radius 1 is 1.06 bits per heavy atom. The number of nitrogens with one attached hydrogen (secondary N) is 1. The number of hydrogen-bond donors (Lipinski definition) is 1. The van der Waals surface area contributed by atoms with Crippen LogP contribution in [0.4, 0.5) is 0 Å². The van der Waals surface area contributed by atoms with Crippen molar-refractivity contribution in [3.8, 4) is 0 Å². The van der Waals surface area contributed by atoms with E-state index in [1.165, 1.54) is 32.4 Å². The van der Waals surface area contributed by atoms with Gasteiger partial charge in [-0.1, -0.05) is 34.1 Å². The van der Waals surface area contributed by atoms with Crippen molar-refractivity contribution in [1.29, 1.82) is 0 Å². The fourth-order valence-corrected chi connectivity index (χ4v) is 3.68. The predicted molar refractivity (Wildman–Crippen MR) is 74.2 cm³/mol. The summed E-state index contributed by atoms with van der Waals surface area (Å²) in [5.41, 5.74) is 0. The fraction of sp³-hybridized carbons (Fsp3) is 1.00. The summed E-state index contributed by atoms with van der Waals surface area (Å²) in [4.78, 5) is 2.77. The third-order valence-electron chi connectivity index (χ3n) is 4.73. The molecule has 2 nitrogen and oxygen atoms in total. The van der Waals surface area contributed by atoms with E-state index >= 15 is 0 Å². The highest BCUT2D eigenvalue weighted by molar-refractivity contribution is 4.92. The Balaban J connectivity index is 1.88. The van der Waals surface area contributed by atoms with Gasteiger partial charge in [0.1, 0.15) is 0 Å². The van der Waals surface area contributed by atoms with E-state index in [-0.39, 0.29) is 0 Å². The molecular formula is C15H30N2. The van der Waals surface area contributed by atoms with Gasteiger partial charge in [-0.25, -0.2) is 0 Å². The second kappa shape index (κ2) is 5.71. The maximum atomic E-state index is 3.63.